The fraction of sp³-hybridized carbons (Fsp3) is 0.176. The van der Waals surface area contributed by atoms with Crippen LogP contribution in [0.4, 0.5) is 4.39 Å². The van der Waals surface area contributed by atoms with E-state index in [2.05, 4.69) is 10.2 Å². The summed E-state index contributed by atoms with van der Waals surface area (Å²) in [6.07, 6.45) is 0.0859. The lowest BCUT2D eigenvalue weighted by Gasteiger charge is -2.04. The van der Waals surface area contributed by atoms with Crippen molar-refractivity contribution in [1.82, 2.24) is 10.2 Å². The highest BCUT2D eigenvalue weighted by atomic mass is 32.2. The Hall–Kier alpha value is -2.74. The molecule has 0 radical (unpaired) electrons. The van der Waals surface area contributed by atoms with Gasteiger partial charge in [-0.3, -0.25) is 0 Å². The Morgan fingerprint density at radius 2 is 1.72 bits per heavy atom. The maximum absolute atomic E-state index is 12.9. The summed E-state index contributed by atoms with van der Waals surface area (Å²) in [6, 6.07) is 11.8. The van der Waals surface area contributed by atoms with Gasteiger partial charge >= 0.3 is 0 Å². The molecule has 2 aromatic carbocycles. The monoisotopic (exact) mass is 362 g/mol. The molecule has 0 N–H and O–H groups in total. The second kappa shape index (κ2) is 7.02. The van der Waals surface area contributed by atoms with Gasteiger partial charge in [-0.15, -0.1) is 10.2 Å². The third-order valence-electron chi connectivity index (χ3n) is 3.56. The lowest BCUT2D eigenvalue weighted by atomic mass is 10.2. The molecule has 3 aromatic rings. The van der Waals surface area contributed by atoms with Crippen LogP contribution in [0.15, 0.2) is 57.8 Å². The predicted octanol–water partition coefficient (Wildman–Crippen LogP) is 2.90. The fourth-order valence-corrected chi connectivity index (χ4v) is 3.42. The quantitative estimate of drug-likeness (QED) is 0.671. The van der Waals surface area contributed by atoms with Crippen molar-refractivity contribution in [3.05, 3.63) is 60.2 Å². The molecule has 0 unspecified atom stereocenters. The van der Waals surface area contributed by atoms with E-state index in [0.717, 1.165) is 0 Å². The van der Waals surface area contributed by atoms with Crippen molar-refractivity contribution < 1.29 is 22.0 Å². The van der Waals surface area contributed by atoms with Crippen molar-refractivity contribution in [2.75, 3.05) is 12.9 Å². The molecule has 0 fully saturated rings. The fourth-order valence-electron chi connectivity index (χ4n) is 2.19. The third-order valence-corrected chi connectivity index (χ3v) is 5.29. The predicted molar refractivity (Wildman–Crippen MR) is 88.4 cm³/mol. The number of benzene rings is 2. The van der Waals surface area contributed by atoms with E-state index in [1.165, 1.54) is 43.5 Å². The summed E-state index contributed by atoms with van der Waals surface area (Å²) < 4.78 is 48.1. The van der Waals surface area contributed by atoms with Crippen molar-refractivity contribution in [2.24, 2.45) is 0 Å². The minimum Gasteiger partial charge on any atom is -0.497 e. The van der Waals surface area contributed by atoms with Crippen molar-refractivity contribution >= 4 is 9.84 Å². The van der Waals surface area contributed by atoms with E-state index < -0.39 is 9.84 Å². The largest absolute Gasteiger partial charge is 0.497 e. The normalized spacial score (nSPS) is 11.4. The average Bonchev–Trinajstić information content (AvgIpc) is 3.10. The van der Waals surface area contributed by atoms with Crippen LogP contribution in [0.1, 0.15) is 5.89 Å². The first kappa shape index (κ1) is 17.1. The average molecular weight is 362 g/mol. The molecule has 25 heavy (non-hydrogen) atoms. The summed E-state index contributed by atoms with van der Waals surface area (Å²) in [5, 5.41) is 7.71. The minimum atomic E-state index is -3.48. The first-order valence-corrected chi connectivity index (χ1v) is 9.08. The summed E-state index contributed by atoms with van der Waals surface area (Å²) in [4.78, 5) is 0.201. The van der Waals surface area contributed by atoms with Gasteiger partial charge in [-0.25, -0.2) is 12.8 Å². The first-order chi connectivity index (χ1) is 12.0. The van der Waals surface area contributed by atoms with Gasteiger partial charge in [0.15, 0.2) is 9.84 Å². The van der Waals surface area contributed by atoms with E-state index in [4.69, 9.17) is 9.15 Å². The molecule has 0 aliphatic carbocycles. The Labute approximate surface area is 144 Å². The van der Waals surface area contributed by atoms with E-state index in [1.807, 2.05) is 0 Å². The lowest BCUT2D eigenvalue weighted by molar-refractivity contribution is 0.414. The highest BCUT2D eigenvalue weighted by Crippen LogP contribution is 2.20. The van der Waals surface area contributed by atoms with Crippen LogP contribution in [-0.2, 0) is 16.3 Å². The van der Waals surface area contributed by atoms with E-state index >= 15 is 0 Å². The molecule has 1 heterocycles. The molecular weight excluding hydrogens is 347 g/mol. The highest BCUT2D eigenvalue weighted by molar-refractivity contribution is 7.91. The number of sulfone groups is 1. The molecule has 0 atom stereocenters. The zero-order chi connectivity index (χ0) is 17.9. The second-order valence-electron chi connectivity index (χ2n) is 5.25. The van der Waals surface area contributed by atoms with Gasteiger partial charge in [0, 0.05) is 12.0 Å². The summed E-state index contributed by atoms with van der Waals surface area (Å²) in [5.41, 5.74) is 0.568. The SMILES string of the molecule is COc1ccc(S(=O)(=O)CCc2nnc(-c3ccc(F)cc3)o2)cc1. The molecule has 1 aromatic heterocycles. The highest BCUT2D eigenvalue weighted by Gasteiger charge is 2.17. The Kier molecular flexibility index (Phi) is 4.80. The molecule has 0 aliphatic rings. The topological polar surface area (TPSA) is 82.3 Å². The number of aromatic nitrogens is 2. The van der Waals surface area contributed by atoms with Crippen molar-refractivity contribution in [3.63, 3.8) is 0 Å². The van der Waals surface area contributed by atoms with E-state index in [-0.39, 0.29) is 34.7 Å². The first-order valence-electron chi connectivity index (χ1n) is 7.43. The molecule has 8 heteroatoms. The molecular formula is C17H15FN2O4S. The molecule has 0 saturated heterocycles. The van der Waals surface area contributed by atoms with Crippen LogP contribution >= 0.6 is 0 Å². The zero-order valence-electron chi connectivity index (χ0n) is 13.3. The summed E-state index contributed by atoms with van der Waals surface area (Å²) >= 11 is 0. The van der Waals surface area contributed by atoms with Gasteiger partial charge in [0.1, 0.15) is 11.6 Å². The smallest absolute Gasteiger partial charge is 0.247 e. The lowest BCUT2D eigenvalue weighted by Crippen LogP contribution is -2.09. The Balaban J connectivity index is 1.69. The Morgan fingerprint density at radius 1 is 1.04 bits per heavy atom. The molecule has 0 bridgehead atoms. The van der Waals surface area contributed by atoms with Crippen LogP contribution in [0, 0.1) is 5.82 Å². The van der Waals surface area contributed by atoms with Crippen LogP contribution in [0.25, 0.3) is 11.5 Å². The molecule has 0 aliphatic heterocycles. The number of halogens is 1. The molecule has 6 nitrogen and oxygen atoms in total. The molecule has 130 valence electrons. The van der Waals surface area contributed by atoms with Crippen LogP contribution in [0.5, 0.6) is 5.75 Å². The van der Waals surface area contributed by atoms with Gasteiger partial charge in [-0.1, -0.05) is 0 Å². The van der Waals surface area contributed by atoms with Gasteiger partial charge in [-0.05, 0) is 48.5 Å². The van der Waals surface area contributed by atoms with Crippen molar-refractivity contribution in [2.45, 2.75) is 11.3 Å². The summed E-state index contributed by atoms with van der Waals surface area (Å²) in [5.74, 6) is 0.479. The van der Waals surface area contributed by atoms with Crippen LogP contribution in [-0.4, -0.2) is 31.5 Å². The number of nitrogens with zero attached hydrogens (tertiary/aromatic N) is 2. The second-order valence-corrected chi connectivity index (χ2v) is 7.36. The standard InChI is InChI=1S/C17H15FN2O4S/c1-23-14-6-8-15(9-7-14)25(21,22)11-10-16-19-20-17(24-16)12-2-4-13(18)5-3-12/h2-9H,10-11H2,1H3. The van der Waals surface area contributed by atoms with Gasteiger partial charge in [0.05, 0.1) is 17.8 Å². The van der Waals surface area contributed by atoms with Gasteiger partial charge in [0.25, 0.3) is 0 Å². The molecule has 0 spiro atoms. The number of methoxy groups -OCH3 is 1. The number of aryl methyl sites for hydroxylation is 1. The number of hydrogen-bond acceptors (Lipinski definition) is 6. The van der Waals surface area contributed by atoms with E-state index in [0.29, 0.717) is 11.3 Å². The zero-order valence-corrected chi connectivity index (χ0v) is 14.2. The Bertz CT molecular complexity index is 951. The van der Waals surface area contributed by atoms with E-state index in [9.17, 15) is 12.8 Å². The van der Waals surface area contributed by atoms with Crippen LogP contribution < -0.4 is 4.74 Å². The summed E-state index contributed by atoms with van der Waals surface area (Å²) in [6.45, 7) is 0. The number of rotatable bonds is 6. The molecule has 0 saturated carbocycles. The van der Waals surface area contributed by atoms with Crippen molar-refractivity contribution in [3.8, 4) is 17.2 Å². The summed E-state index contributed by atoms with van der Waals surface area (Å²) in [7, 11) is -1.97. The maximum Gasteiger partial charge on any atom is 0.247 e. The van der Waals surface area contributed by atoms with Gasteiger partial charge in [0.2, 0.25) is 11.8 Å². The molecule has 3 rings (SSSR count). The Morgan fingerprint density at radius 3 is 2.36 bits per heavy atom. The van der Waals surface area contributed by atoms with Crippen molar-refractivity contribution in [1.29, 1.82) is 0 Å². The molecule has 0 amide bonds. The third kappa shape index (κ3) is 4.03. The number of hydrogen-bond donors (Lipinski definition) is 0. The van der Waals surface area contributed by atoms with Crippen LogP contribution in [0.3, 0.4) is 0 Å². The van der Waals surface area contributed by atoms with Gasteiger partial charge in [-0.2, -0.15) is 0 Å². The minimum absolute atomic E-state index is 0.0859. The number of ether oxygens (including phenoxy) is 1. The van der Waals surface area contributed by atoms with Crippen LogP contribution in [0.2, 0.25) is 0 Å². The van der Waals surface area contributed by atoms with Gasteiger partial charge < -0.3 is 9.15 Å². The van der Waals surface area contributed by atoms with E-state index in [1.54, 1.807) is 12.1 Å². The maximum atomic E-state index is 12.9.